The first-order valence-corrected chi connectivity index (χ1v) is 7.49. The normalized spacial score (nSPS) is 27.6. The van der Waals surface area contributed by atoms with Crippen molar-refractivity contribution in [2.24, 2.45) is 0 Å². The molecule has 21 heavy (non-hydrogen) atoms. The molecule has 0 aliphatic carbocycles. The van der Waals surface area contributed by atoms with Crippen molar-refractivity contribution in [2.75, 3.05) is 4.90 Å². The van der Waals surface area contributed by atoms with Crippen molar-refractivity contribution in [1.82, 2.24) is 14.8 Å². The van der Waals surface area contributed by atoms with Crippen LogP contribution in [0.15, 0.2) is 36.8 Å². The Kier molecular flexibility index (Phi) is 2.88. The molecule has 106 valence electrons. The fourth-order valence-corrected chi connectivity index (χ4v) is 3.90. The van der Waals surface area contributed by atoms with E-state index in [1.807, 2.05) is 24.4 Å². The highest BCUT2D eigenvalue weighted by atomic mass is 15.3. The van der Waals surface area contributed by atoms with Crippen LogP contribution in [0, 0.1) is 11.3 Å². The van der Waals surface area contributed by atoms with Crippen molar-refractivity contribution in [1.29, 1.82) is 5.26 Å². The van der Waals surface area contributed by atoms with E-state index < -0.39 is 0 Å². The lowest BCUT2D eigenvalue weighted by molar-refractivity contribution is 0.313. The molecule has 0 saturated carbocycles. The van der Waals surface area contributed by atoms with Gasteiger partial charge in [0.2, 0.25) is 0 Å². The molecule has 2 aromatic rings. The van der Waals surface area contributed by atoms with Gasteiger partial charge < -0.3 is 4.90 Å². The highest BCUT2D eigenvalue weighted by Gasteiger charge is 2.42. The Morgan fingerprint density at radius 3 is 2.57 bits per heavy atom. The van der Waals surface area contributed by atoms with Crippen molar-refractivity contribution in [2.45, 2.75) is 43.8 Å². The number of pyridine rings is 1. The van der Waals surface area contributed by atoms with Gasteiger partial charge in [0.15, 0.2) is 0 Å². The van der Waals surface area contributed by atoms with E-state index >= 15 is 0 Å². The van der Waals surface area contributed by atoms with Gasteiger partial charge in [-0.25, -0.2) is 4.98 Å². The number of hydrogen-bond acceptors (Lipinski definition) is 4. The van der Waals surface area contributed by atoms with Gasteiger partial charge in [0.05, 0.1) is 11.6 Å². The average molecular weight is 279 g/mol. The molecule has 2 aromatic heterocycles. The van der Waals surface area contributed by atoms with Crippen molar-refractivity contribution < 1.29 is 0 Å². The van der Waals surface area contributed by atoms with Gasteiger partial charge in [-0.3, -0.25) is 4.68 Å². The summed E-state index contributed by atoms with van der Waals surface area (Å²) in [6.07, 6.45) is 10.2. The van der Waals surface area contributed by atoms with Gasteiger partial charge in [-0.1, -0.05) is 0 Å². The Morgan fingerprint density at radius 1 is 1.10 bits per heavy atom. The first-order chi connectivity index (χ1) is 10.4. The molecule has 2 aliphatic heterocycles. The zero-order valence-corrected chi connectivity index (χ0v) is 11.8. The summed E-state index contributed by atoms with van der Waals surface area (Å²) in [5, 5.41) is 13.7. The zero-order chi connectivity index (χ0) is 14.2. The van der Waals surface area contributed by atoms with Gasteiger partial charge in [-0.15, -0.1) is 0 Å². The van der Waals surface area contributed by atoms with E-state index in [9.17, 15) is 5.26 Å². The number of hydrogen-bond donors (Lipinski definition) is 0. The number of fused-ring (bicyclic) bond motifs is 2. The van der Waals surface area contributed by atoms with E-state index in [0.29, 0.717) is 23.7 Å². The summed E-state index contributed by atoms with van der Waals surface area (Å²) in [4.78, 5) is 6.87. The lowest BCUT2D eigenvalue weighted by Crippen LogP contribution is -2.44. The number of nitriles is 1. The fraction of sp³-hybridized carbons (Fsp3) is 0.438. The van der Waals surface area contributed by atoms with Gasteiger partial charge in [-0.2, -0.15) is 10.4 Å². The molecule has 4 rings (SSSR count). The Hall–Kier alpha value is -2.35. The lowest BCUT2D eigenvalue weighted by atomic mass is 9.97. The van der Waals surface area contributed by atoms with Gasteiger partial charge >= 0.3 is 0 Å². The van der Waals surface area contributed by atoms with Crippen LogP contribution >= 0.6 is 0 Å². The maximum absolute atomic E-state index is 9.31. The van der Waals surface area contributed by atoms with Crippen LogP contribution in [0.5, 0.6) is 0 Å². The number of piperidine rings is 1. The Morgan fingerprint density at radius 2 is 1.90 bits per heavy atom. The molecule has 2 bridgehead atoms. The smallest absolute Gasteiger partial charge is 0.146 e. The minimum atomic E-state index is 0.472. The van der Waals surface area contributed by atoms with Crippen molar-refractivity contribution >= 4 is 5.82 Å². The van der Waals surface area contributed by atoms with E-state index in [1.54, 1.807) is 6.20 Å². The minimum Gasteiger partial charge on any atom is -0.349 e. The second-order valence-electron chi connectivity index (χ2n) is 5.89. The molecular formula is C16H17N5. The van der Waals surface area contributed by atoms with Crippen LogP contribution in [0.3, 0.4) is 0 Å². The highest BCUT2D eigenvalue weighted by Crippen LogP contribution is 2.43. The van der Waals surface area contributed by atoms with Gasteiger partial charge in [0, 0.05) is 30.7 Å². The van der Waals surface area contributed by atoms with E-state index in [4.69, 9.17) is 0 Å². The molecule has 2 saturated heterocycles. The van der Waals surface area contributed by atoms with Crippen LogP contribution < -0.4 is 4.90 Å². The Labute approximate surface area is 123 Å². The van der Waals surface area contributed by atoms with Crippen molar-refractivity contribution in [3.8, 4) is 6.07 Å². The molecule has 2 fully saturated rings. The molecule has 0 N–H and O–H groups in total. The number of rotatable bonds is 2. The topological polar surface area (TPSA) is 57.7 Å². The van der Waals surface area contributed by atoms with E-state index in [0.717, 1.165) is 18.7 Å². The fourth-order valence-electron chi connectivity index (χ4n) is 3.90. The Balaban J connectivity index is 1.64. The van der Waals surface area contributed by atoms with E-state index in [-0.39, 0.29) is 0 Å². The summed E-state index contributed by atoms with van der Waals surface area (Å²) < 4.78 is 2.09. The third-order valence-electron chi connectivity index (χ3n) is 4.76. The maximum atomic E-state index is 9.31. The van der Waals surface area contributed by atoms with Crippen LogP contribution in [-0.2, 0) is 0 Å². The second-order valence-corrected chi connectivity index (χ2v) is 5.89. The van der Waals surface area contributed by atoms with E-state index in [2.05, 4.69) is 31.9 Å². The maximum Gasteiger partial charge on any atom is 0.146 e. The SMILES string of the molecule is N#Cc1cccnc1N1C2CCC1CC(n1cccn1)C2. The molecule has 0 amide bonds. The summed E-state index contributed by atoms with van der Waals surface area (Å²) in [6.45, 7) is 0. The molecule has 5 nitrogen and oxygen atoms in total. The minimum absolute atomic E-state index is 0.472. The third-order valence-corrected chi connectivity index (χ3v) is 4.76. The summed E-state index contributed by atoms with van der Waals surface area (Å²) in [7, 11) is 0. The van der Waals surface area contributed by atoms with E-state index in [1.165, 1.54) is 12.8 Å². The zero-order valence-electron chi connectivity index (χ0n) is 11.8. The second kappa shape index (κ2) is 4.88. The monoisotopic (exact) mass is 279 g/mol. The van der Waals surface area contributed by atoms with Crippen LogP contribution in [0.1, 0.15) is 37.3 Å². The van der Waals surface area contributed by atoms with Crippen LogP contribution in [-0.4, -0.2) is 26.8 Å². The molecule has 2 atom stereocenters. The Bertz CT molecular complexity index is 658. The van der Waals surface area contributed by atoms with Crippen LogP contribution in [0.2, 0.25) is 0 Å². The molecule has 0 aromatic carbocycles. The highest BCUT2D eigenvalue weighted by molar-refractivity contribution is 5.56. The average Bonchev–Trinajstić information content (AvgIpc) is 3.14. The number of nitrogens with zero attached hydrogens (tertiary/aromatic N) is 5. The summed E-state index contributed by atoms with van der Waals surface area (Å²) in [5.74, 6) is 0.867. The third kappa shape index (κ3) is 1.99. The van der Waals surface area contributed by atoms with Gasteiger partial charge in [0.1, 0.15) is 11.9 Å². The molecule has 4 heterocycles. The van der Waals surface area contributed by atoms with Gasteiger partial charge in [-0.05, 0) is 43.9 Å². The first kappa shape index (κ1) is 12.4. The molecule has 2 aliphatic rings. The molecule has 5 heteroatoms. The largest absolute Gasteiger partial charge is 0.349 e. The summed E-state index contributed by atoms with van der Waals surface area (Å²) >= 11 is 0. The quantitative estimate of drug-likeness (QED) is 0.847. The first-order valence-electron chi connectivity index (χ1n) is 7.49. The molecule has 0 radical (unpaired) electrons. The lowest BCUT2D eigenvalue weighted by Gasteiger charge is -2.40. The number of anilines is 1. The predicted octanol–water partition coefficient (Wildman–Crippen LogP) is 2.52. The molecule has 0 spiro atoms. The molecule has 2 unspecified atom stereocenters. The van der Waals surface area contributed by atoms with Crippen molar-refractivity contribution in [3.63, 3.8) is 0 Å². The standard InChI is InChI=1S/C16H17N5/c17-11-12-3-1-6-18-16(12)21-13-4-5-14(21)10-15(9-13)20-8-2-7-19-20/h1-3,6-8,13-15H,4-5,9-10H2. The predicted molar refractivity (Wildman–Crippen MR) is 78.7 cm³/mol. The molecular weight excluding hydrogens is 262 g/mol. The van der Waals surface area contributed by atoms with Crippen molar-refractivity contribution in [3.05, 3.63) is 42.4 Å². The summed E-state index contributed by atoms with van der Waals surface area (Å²) in [5.41, 5.74) is 0.687. The van der Waals surface area contributed by atoms with Crippen LogP contribution in [0.25, 0.3) is 0 Å². The number of aromatic nitrogens is 3. The van der Waals surface area contributed by atoms with Gasteiger partial charge in [0.25, 0.3) is 0 Å². The summed E-state index contributed by atoms with van der Waals surface area (Å²) in [6, 6.07) is 9.38. The van der Waals surface area contributed by atoms with Crippen LogP contribution in [0.4, 0.5) is 5.82 Å².